The van der Waals surface area contributed by atoms with Crippen molar-refractivity contribution in [2.24, 2.45) is 10.8 Å². The van der Waals surface area contributed by atoms with Gasteiger partial charge < -0.3 is 14.8 Å². The van der Waals surface area contributed by atoms with Crippen LogP contribution in [-0.2, 0) is 24.5 Å². The Balaban J connectivity index is 1.71. The molecule has 1 N–H and O–H groups in total. The first-order chi connectivity index (χ1) is 13.0. The molecule has 0 unspecified atom stereocenters. The minimum absolute atomic E-state index is 0.0116. The Morgan fingerprint density at radius 2 is 2.26 bits per heavy atom. The van der Waals surface area contributed by atoms with E-state index in [0.717, 1.165) is 30.8 Å². The molecular weight excluding hydrogens is 344 g/mol. The molecule has 6 atom stereocenters. The summed E-state index contributed by atoms with van der Waals surface area (Å²) in [4.78, 5) is 29.3. The van der Waals surface area contributed by atoms with Gasteiger partial charge in [0.1, 0.15) is 0 Å². The number of para-hydroxylation sites is 1. The molecule has 0 aromatic heterocycles. The number of hydrogen-bond acceptors (Lipinski definition) is 5. The maximum atomic E-state index is 13.6. The van der Waals surface area contributed by atoms with Gasteiger partial charge in [-0.1, -0.05) is 24.3 Å². The summed E-state index contributed by atoms with van der Waals surface area (Å²) in [5, 5.41) is 3.01. The SMILES string of the molecule is C=C[C@@]12C[C@]3(C(=O)OC)C(=O)Nc4ccccc4[C@@]34CCN(C[C@H]3O[C@H]31)[C@@H]24. The van der Waals surface area contributed by atoms with Crippen molar-refractivity contribution < 1.29 is 19.1 Å². The van der Waals surface area contributed by atoms with E-state index in [1.165, 1.54) is 7.11 Å². The highest BCUT2D eigenvalue weighted by molar-refractivity contribution is 6.14. The summed E-state index contributed by atoms with van der Waals surface area (Å²) in [6.07, 6.45) is 3.30. The smallest absolute Gasteiger partial charge is 0.322 e. The highest BCUT2D eigenvalue weighted by Gasteiger charge is 2.84. The van der Waals surface area contributed by atoms with Crippen LogP contribution in [0.25, 0.3) is 0 Å². The van der Waals surface area contributed by atoms with Gasteiger partial charge in [-0.05, 0) is 31.0 Å². The van der Waals surface area contributed by atoms with Crippen LogP contribution in [0.2, 0.25) is 0 Å². The minimum atomic E-state index is -1.26. The number of esters is 1. The van der Waals surface area contributed by atoms with E-state index >= 15 is 0 Å². The molecule has 3 saturated heterocycles. The number of amides is 1. The highest BCUT2D eigenvalue weighted by Crippen LogP contribution is 2.74. The molecule has 6 heteroatoms. The molecule has 4 heterocycles. The van der Waals surface area contributed by atoms with Crippen molar-refractivity contribution in [1.29, 1.82) is 0 Å². The number of nitrogens with one attached hydrogen (secondary N) is 1. The Labute approximate surface area is 157 Å². The molecule has 1 aromatic rings. The summed E-state index contributed by atoms with van der Waals surface area (Å²) in [6.45, 7) is 5.85. The van der Waals surface area contributed by atoms with Gasteiger partial charge in [0.05, 0.1) is 19.3 Å². The molecule has 1 aliphatic carbocycles. The number of nitrogens with zero attached hydrogens (tertiary/aromatic N) is 1. The van der Waals surface area contributed by atoms with Gasteiger partial charge in [0, 0.05) is 29.1 Å². The number of epoxide rings is 1. The first-order valence-corrected chi connectivity index (χ1v) is 9.58. The molecule has 1 spiro atoms. The number of ether oxygens (including phenoxy) is 2. The zero-order chi connectivity index (χ0) is 18.6. The standard InChI is InChI=1S/C21H22N2O4/c1-3-19-11-21(18(25)26-2)17(24)22-13-7-5-4-6-12(13)20(21)8-9-23(16(19)20)10-14-15(19)27-14/h3-7,14-16H,1,8-11H2,2H3,(H,22,24)/t14-,15-,16+,19-,20-,21-/m1/s1. The predicted molar refractivity (Wildman–Crippen MR) is 97.1 cm³/mol. The Morgan fingerprint density at radius 1 is 1.44 bits per heavy atom. The molecule has 0 bridgehead atoms. The second-order valence-electron chi connectivity index (χ2n) is 8.60. The first-order valence-electron chi connectivity index (χ1n) is 9.58. The van der Waals surface area contributed by atoms with Crippen LogP contribution in [-0.4, -0.2) is 55.2 Å². The molecule has 140 valence electrons. The second-order valence-corrected chi connectivity index (χ2v) is 8.60. The molecule has 27 heavy (non-hydrogen) atoms. The summed E-state index contributed by atoms with van der Waals surface area (Å²) in [7, 11) is 1.38. The lowest BCUT2D eigenvalue weighted by Gasteiger charge is -2.48. The fraction of sp³-hybridized carbons (Fsp3) is 0.524. The Bertz CT molecular complexity index is 915. The molecule has 4 fully saturated rings. The number of benzene rings is 1. The van der Waals surface area contributed by atoms with Crippen molar-refractivity contribution in [2.75, 3.05) is 25.5 Å². The average Bonchev–Trinajstić information content (AvgIpc) is 3.29. The number of carbonyl (C=O) groups is 2. The third-order valence-electron chi connectivity index (χ3n) is 7.95. The van der Waals surface area contributed by atoms with Crippen molar-refractivity contribution in [3.05, 3.63) is 42.5 Å². The number of rotatable bonds is 2. The Kier molecular flexibility index (Phi) is 2.71. The molecular formula is C21H22N2O4. The maximum absolute atomic E-state index is 13.6. The van der Waals surface area contributed by atoms with Crippen LogP contribution in [0.3, 0.4) is 0 Å². The van der Waals surface area contributed by atoms with E-state index in [9.17, 15) is 9.59 Å². The van der Waals surface area contributed by atoms with Gasteiger partial charge in [-0.15, -0.1) is 6.58 Å². The van der Waals surface area contributed by atoms with Crippen LogP contribution in [0.15, 0.2) is 36.9 Å². The third kappa shape index (κ3) is 1.44. The number of hydrogen-bond donors (Lipinski definition) is 1. The lowest BCUT2D eigenvalue weighted by atomic mass is 9.57. The van der Waals surface area contributed by atoms with E-state index in [0.29, 0.717) is 6.42 Å². The normalized spacial score (nSPS) is 45.8. The first kappa shape index (κ1) is 15.8. The predicted octanol–water partition coefficient (Wildman–Crippen LogP) is 1.47. The van der Waals surface area contributed by atoms with E-state index in [-0.39, 0.29) is 24.2 Å². The maximum Gasteiger partial charge on any atom is 0.322 e. The molecule has 1 aromatic carbocycles. The molecule has 1 amide bonds. The number of methoxy groups -OCH3 is 1. The van der Waals surface area contributed by atoms with Crippen LogP contribution in [0.4, 0.5) is 5.69 Å². The van der Waals surface area contributed by atoms with Gasteiger partial charge in [0.25, 0.3) is 0 Å². The topological polar surface area (TPSA) is 71.2 Å². The Morgan fingerprint density at radius 3 is 3.04 bits per heavy atom. The zero-order valence-electron chi connectivity index (χ0n) is 15.2. The van der Waals surface area contributed by atoms with Crippen molar-refractivity contribution in [3.63, 3.8) is 0 Å². The summed E-state index contributed by atoms with van der Waals surface area (Å²) in [5.74, 6) is -0.688. The Hall–Kier alpha value is -2.18. The van der Waals surface area contributed by atoms with Gasteiger partial charge in [-0.3, -0.25) is 14.5 Å². The summed E-state index contributed by atoms with van der Waals surface area (Å²) < 4.78 is 11.3. The fourth-order valence-corrected chi connectivity index (χ4v) is 7.12. The van der Waals surface area contributed by atoms with Crippen LogP contribution in [0.5, 0.6) is 0 Å². The highest BCUT2D eigenvalue weighted by atomic mass is 16.6. The molecule has 4 aliphatic heterocycles. The minimum Gasteiger partial charge on any atom is -0.468 e. The van der Waals surface area contributed by atoms with E-state index < -0.39 is 22.2 Å². The van der Waals surface area contributed by atoms with E-state index in [1.54, 1.807) is 0 Å². The lowest BCUT2D eigenvalue weighted by molar-refractivity contribution is -0.162. The quantitative estimate of drug-likeness (QED) is 0.371. The largest absolute Gasteiger partial charge is 0.468 e. The van der Waals surface area contributed by atoms with Crippen LogP contribution in [0.1, 0.15) is 18.4 Å². The van der Waals surface area contributed by atoms with Gasteiger partial charge in [0.2, 0.25) is 5.91 Å². The van der Waals surface area contributed by atoms with Crippen LogP contribution < -0.4 is 5.32 Å². The van der Waals surface area contributed by atoms with E-state index in [2.05, 4.69) is 22.9 Å². The monoisotopic (exact) mass is 366 g/mol. The van der Waals surface area contributed by atoms with Crippen molar-refractivity contribution in [3.8, 4) is 0 Å². The van der Waals surface area contributed by atoms with E-state index in [4.69, 9.17) is 9.47 Å². The number of carbonyl (C=O) groups excluding carboxylic acids is 2. The van der Waals surface area contributed by atoms with Gasteiger partial charge in [0.15, 0.2) is 5.41 Å². The molecule has 1 saturated carbocycles. The van der Waals surface area contributed by atoms with Gasteiger partial charge in [-0.25, -0.2) is 0 Å². The van der Waals surface area contributed by atoms with Crippen LogP contribution >= 0.6 is 0 Å². The molecule has 6 nitrogen and oxygen atoms in total. The van der Waals surface area contributed by atoms with Crippen molar-refractivity contribution >= 4 is 17.6 Å². The number of piperidine rings is 1. The van der Waals surface area contributed by atoms with Crippen molar-refractivity contribution in [2.45, 2.75) is 36.5 Å². The van der Waals surface area contributed by atoms with Gasteiger partial charge in [-0.2, -0.15) is 0 Å². The third-order valence-corrected chi connectivity index (χ3v) is 7.95. The lowest BCUT2D eigenvalue weighted by Crippen LogP contribution is -2.62. The molecule has 5 aliphatic rings. The van der Waals surface area contributed by atoms with E-state index in [1.807, 2.05) is 24.3 Å². The van der Waals surface area contributed by atoms with Crippen molar-refractivity contribution in [1.82, 2.24) is 4.90 Å². The summed E-state index contributed by atoms with van der Waals surface area (Å²) in [5.41, 5.74) is -0.454. The summed E-state index contributed by atoms with van der Waals surface area (Å²) in [6, 6.07) is 7.92. The molecule has 0 radical (unpaired) electrons. The summed E-state index contributed by atoms with van der Waals surface area (Å²) >= 11 is 0. The zero-order valence-corrected chi connectivity index (χ0v) is 15.2. The molecule has 6 rings (SSSR count). The average molecular weight is 366 g/mol. The second kappa shape index (κ2) is 4.62. The number of anilines is 1. The van der Waals surface area contributed by atoms with Crippen LogP contribution in [0, 0.1) is 10.8 Å². The fourth-order valence-electron chi connectivity index (χ4n) is 7.12. The number of fused-ring (bicyclic) bond motifs is 3. The van der Waals surface area contributed by atoms with Gasteiger partial charge >= 0.3 is 5.97 Å².